The molecule has 3 aromatic rings. The van der Waals surface area contributed by atoms with Crippen LogP contribution in [-0.4, -0.2) is 17.6 Å². The third kappa shape index (κ3) is 5.67. The van der Waals surface area contributed by atoms with Crippen LogP contribution in [0.15, 0.2) is 88.7 Å². The van der Waals surface area contributed by atoms with E-state index in [4.69, 9.17) is 5.11 Å². The number of carboxylic acid groups (broad SMARTS) is 1. The minimum absolute atomic E-state index is 0.0542. The fourth-order valence-electron chi connectivity index (χ4n) is 2.67. The third-order valence-corrected chi connectivity index (χ3v) is 4.93. The van der Waals surface area contributed by atoms with E-state index in [2.05, 4.69) is 53.8 Å². The van der Waals surface area contributed by atoms with Gasteiger partial charge in [-0.05, 0) is 53.9 Å². The van der Waals surface area contributed by atoms with Crippen LogP contribution < -0.4 is 5.32 Å². The zero-order valence-electron chi connectivity index (χ0n) is 14.4. The highest BCUT2D eigenvalue weighted by Gasteiger charge is 2.03. The maximum Gasteiger partial charge on any atom is 0.307 e. The van der Waals surface area contributed by atoms with Crippen molar-refractivity contribution in [3.8, 4) is 0 Å². The van der Waals surface area contributed by atoms with Crippen molar-refractivity contribution in [3.05, 3.63) is 90.0 Å². The lowest BCUT2D eigenvalue weighted by atomic mass is 10.1. The molecule has 0 bridgehead atoms. The molecule has 0 radical (unpaired) electrons. The van der Waals surface area contributed by atoms with Gasteiger partial charge in [0.2, 0.25) is 0 Å². The number of benzene rings is 3. The van der Waals surface area contributed by atoms with E-state index in [1.54, 1.807) is 11.8 Å². The van der Waals surface area contributed by atoms with E-state index in [0.29, 0.717) is 0 Å². The average Bonchev–Trinajstić information content (AvgIpc) is 2.64. The molecule has 0 aliphatic heterocycles. The summed E-state index contributed by atoms with van der Waals surface area (Å²) in [7, 11) is 0. The second kappa shape index (κ2) is 9.11. The minimum Gasteiger partial charge on any atom is -0.481 e. The molecule has 3 rings (SSSR count). The van der Waals surface area contributed by atoms with Gasteiger partial charge in [0.05, 0.1) is 6.42 Å². The van der Waals surface area contributed by atoms with Crippen molar-refractivity contribution >= 4 is 23.4 Å². The highest BCUT2D eigenvalue weighted by molar-refractivity contribution is 7.99. The Hall–Kier alpha value is -2.72. The van der Waals surface area contributed by atoms with Crippen LogP contribution in [0.4, 0.5) is 5.69 Å². The van der Waals surface area contributed by atoms with Gasteiger partial charge in [0, 0.05) is 22.0 Å². The Morgan fingerprint density at radius 2 is 1.58 bits per heavy atom. The largest absolute Gasteiger partial charge is 0.481 e. The fraction of sp³-hybridized carbons (Fsp3) is 0.136. The quantitative estimate of drug-likeness (QED) is 0.583. The Labute approximate surface area is 158 Å². The van der Waals surface area contributed by atoms with E-state index in [1.165, 1.54) is 5.56 Å². The average molecular weight is 363 g/mol. The maximum atomic E-state index is 10.8. The van der Waals surface area contributed by atoms with Gasteiger partial charge in [0.15, 0.2) is 0 Å². The molecule has 0 aromatic heterocycles. The van der Waals surface area contributed by atoms with Crippen LogP contribution in [-0.2, 0) is 17.6 Å². The van der Waals surface area contributed by atoms with E-state index in [0.717, 1.165) is 34.0 Å². The lowest BCUT2D eigenvalue weighted by molar-refractivity contribution is -0.136. The second-order valence-electron chi connectivity index (χ2n) is 6.01. The van der Waals surface area contributed by atoms with E-state index in [-0.39, 0.29) is 6.42 Å². The van der Waals surface area contributed by atoms with Gasteiger partial charge in [-0.3, -0.25) is 4.79 Å². The van der Waals surface area contributed by atoms with Gasteiger partial charge in [0.25, 0.3) is 0 Å². The van der Waals surface area contributed by atoms with Crippen LogP contribution in [0, 0.1) is 0 Å². The molecule has 132 valence electrons. The summed E-state index contributed by atoms with van der Waals surface area (Å²) in [5, 5.41) is 12.3. The molecule has 0 heterocycles. The van der Waals surface area contributed by atoms with Crippen LogP contribution >= 0.6 is 11.8 Å². The molecule has 26 heavy (non-hydrogen) atoms. The second-order valence-corrected chi connectivity index (χ2v) is 7.15. The first kappa shape index (κ1) is 18.1. The number of rotatable bonds is 8. The molecule has 3 nitrogen and oxygen atoms in total. The summed E-state index contributed by atoms with van der Waals surface area (Å²) in [6.45, 7) is 0.897. The molecule has 0 aliphatic rings. The van der Waals surface area contributed by atoms with Gasteiger partial charge in [-0.15, -0.1) is 0 Å². The van der Waals surface area contributed by atoms with Crippen molar-refractivity contribution in [2.75, 3.05) is 11.9 Å². The molecule has 0 unspecified atom stereocenters. The molecule has 4 heteroatoms. The number of nitrogens with one attached hydrogen (secondary N) is 1. The Bertz CT molecular complexity index is 848. The summed E-state index contributed by atoms with van der Waals surface area (Å²) >= 11 is 1.64. The van der Waals surface area contributed by atoms with Gasteiger partial charge in [0.1, 0.15) is 0 Å². The number of hydrogen-bond donors (Lipinski definition) is 2. The standard InChI is InChI=1S/C22H21NO2S/c24-22(25)16-18-7-4-8-21(15-18)26-20-11-9-19(10-12-20)23-14-13-17-5-2-1-3-6-17/h1-12,15,23H,13-14,16H2,(H,24,25). The summed E-state index contributed by atoms with van der Waals surface area (Å²) in [5.74, 6) is -0.807. The highest BCUT2D eigenvalue weighted by atomic mass is 32.2. The molecular weight excluding hydrogens is 342 g/mol. The van der Waals surface area contributed by atoms with Crippen molar-refractivity contribution in [1.82, 2.24) is 0 Å². The van der Waals surface area contributed by atoms with Crippen LogP contribution in [0.1, 0.15) is 11.1 Å². The van der Waals surface area contributed by atoms with E-state index in [1.807, 2.05) is 30.3 Å². The Morgan fingerprint density at radius 3 is 2.31 bits per heavy atom. The number of carboxylic acids is 1. The lowest BCUT2D eigenvalue weighted by Gasteiger charge is -2.08. The first-order valence-electron chi connectivity index (χ1n) is 8.55. The molecule has 0 saturated heterocycles. The topological polar surface area (TPSA) is 49.3 Å². The molecule has 0 spiro atoms. The van der Waals surface area contributed by atoms with Crippen LogP contribution in [0.5, 0.6) is 0 Å². The Morgan fingerprint density at radius 1 is 0.846 bits per heavy atom. The zero-order valence-corrected chi connectivity index (χ0v) is 15.2. The van der Waals surface area contributed by atoms with Gasteiger partial charge >= 0.3 is 5.97 Å². The Balaban J connectivity index is 1.53. The van der Waals surface area contributed by atoms with Crippen molar-refractivity contribution in [1.29, 1.82) is 0 Å². The first-order chi connectivity index (χ1) is 12.7. The van der Waals surface area contributed by atoms with E-state index < -0.39 is 5.97 Å². The van der Waals surface area contributed by atoms with Gasteiger partial charge in [-0.2, -0.15) is 0 Å². The van der Waals surface area contributed by atoms with Crippen LogP contribution in [0.25, 0.3) is 0 Å². The number of anilines is 1. The van der Waals surface area contributed by atoms with Gasteiger partial charge in [-0.1, -0.05) is 54.2 Å². The zero-order chi connectivity index (χ0) is 18.2. The van der Waals surface area contributed by atoms with Crippen LogP contribution in [0.2, 0.25) is 0 Å². The van der Waals surface area contributed by atoms with E-state index in [9.17, 15) is 4.79 Å². The molecule has 0 fully saturated rings. The molecule has 3 aromatic carbocycles. The number of carbonyl (C=O) groups is 1. The van der Waals surface area contributed by atoms with Crippen molar-refractivity contribution in [2.24, 2.45) is 0 Å². The predicted molar refractivity (Wildman–Crippen MR) is 107 cm³/mol. The molecule has 0 aliphatic carbocycles. The van der Waals surface area contributed by atoms with Gasteiger partial charge in [-0.25, -0.2) is 0 Å². The van der Waals surface area contributed by atoms with Crippen LogP contribution in [0.3, 0.4) is 0 Å². The highest BCUT2D eigenvalue weighted by Crippen LogP contribution is 2.29. The maximum absolute atomic E-state index is 10.8. The lowest BCUT2D eigenvalue weighted by Crippen LogP contribution is -2.04. The normalized spacial score (nSPS) is 10.5. The minimum atomic E-state index is -0.807. The summed E-state index contributed by atoms with van der Waals surface area (Å²) in [5.41, 5.74) is 3.25. The third-order valence-electron chi connectivity index (χ3n) is 3.93. The molecule has 0 amide bonds. The van der Waals surface area contributed by atoms with Crippen molar-refractivity contribution in [2.45, 2.75) is 22.6 Å². The Kier molecular flexibility index (Phi) is 6.34. The summed E-state index contributed by atoms with van der Waals surface area (Å²) in [4.78, 5) is 13.0. The first-order valence-corrected chi connectivity index (χ1v) is 9.37. The van der Waals surface area contributed by atoms with Crippen molar-refractivity contribution < 1.29 is 9.90 Å². The summed E-state index contributed by atoms with van der Waals surface area (Å²) in [6.07, 6.45) is 1.05. The smallest absolute Gasteiger partial charge is 0.307 e. The summed E-state index contributed by atoms with van der Waals surface area (Å²) in [6, 6.07) is 26.4. The van der Waals surface area contributed by atoms with Gasteiger partial charge < -0.3 is 10.4 Å². The molecular formula is C22H21NO2S. The fourth-order valence-corrected chi connectivity index (χ4v) is 3.57. The molecule has 0 atom stereocenters. The molecule has 0 saturated carbocycles. The number of hydrogen-bond acceptors (Lipinski definition) is 3. The predicted octanol–water partition coefficient (Wildman–Crippen LogP) is 5.12. The van der Waals surface area contributed by atoms with E-state index >= 15 is 0 Å². The van der Waals surface area contributed by atoms with Crippen molar-refractivity contribution in [3.63, 3.8) is 0 Å². The SMILES string of the molecule is O=C(O)Cc1cccc(Sc2ccc(NCCc3ccccc3)cc2)c1. The summed E-state index contributed by atoms with van der Waals surface area (Å²) < 4.78 is 0. The molecule has 2 N–H and O–H groups in total. The monoisotopic (exact) mass is 363 g/mol. The number of aliphatic carboxylic acids is 1.